The lowest BCUT2D eigenvalue weighted by Gasteiger charge is -2.19. The Bertz CT molecular complexity index is 1330. The van der Waals surface area contributed by atoms with Gasteiger partial charge in [-0.05, 0) is 30.3 Å². The Balaban J connectivity index is 2.00. The number of ether oxygens (including phenoxy) is 1. The first-order valence-corrected chi connectivity index (χ1v) is 9.71. The van der Waals surface area contributed by atoms with E-state index in [2.05, 4.69) is 5.32 Å². The lowest BCUT2D eigenvalue weighted by atomic mass is 10.0. The molecule has 0 saturated carbocycles. The monoisotopic (exact) mass is 418 g/mol. The number of carbonyl (C=O) groups is 1. The first-order chi connectivity index (χ1) is 14.5. The summed E-state index contributed by atoms with van der Waals surface area (Å²) in [6.45, 7) is 0. The summed E-state index contributed by atoms with van der Waals surface area (Å²) in [5.41, 5.74) is 1.79. The number of aromatic nitrogens is 1. The standard InChI is InChI=1S/C24H19ClN2O3/c1-27-19-13-7-4-10-16(19)22(28)21(17-11-5-8-14-20(17)30-2)23(27)26-24(29)15-9-3-6-12-18(15)25/h3-14H,1-2H3,(H,26,29). The number of para-hydroxylation sites is 2. The molecule has 0 fully saturated rings. The molecule has 1 N–H and O–H groups in total. The average Bonchev–Trinajstić information content (AvgIpc) is 2.77. The molecule has 0 bridgehead atoms. The summed E-state index contributed by atoms with van der Waals surface area (Å²) in [6, 6.07) is 21.3. The van der Waals surface area contributed by atoms with Gasteiger partial charge < -0.3 is 14.6 Å². The zero-order valence-corrected chi connectivity index (χ0v) is 17.2. The van der Waals surface area contributed by atoms with Crippen molar-refractivity contribution in [2.75, 3.05) is 12.4 Å². The molecule has 1 aromatic heterocycles. The zero-order valence-electron chi connectivity index (χ0n) is 16.5. The predicted octanol–water partition coefficient (Wildman–Crippen LogP) is 5.12. The van der Waals surface area contributed by atoms with Gasteiger partial charge in [-0.1, -0.05) is 54.1 Å². The highest BCUT2D eigenvalue weighted by Gasteiger charge is 2.22. The summed E-state index contributed by atoms with van der Waals surface area (Å²) in [5.74, 6) is 0.508. The number of hydrogen-bond donors (Lipinski definition) is 1. The van der Waals surface area contributed by atoms with E-state index in [0.717, 1.165) is 0 Å². The molecular formula is C24H19ClN2O3. The van der Waals surface area contributed by atoms with Crippen molar-refractivity contribution in [2.24, 2.45) is 7.05 Å². The molecule has 0 aliphatic rings. The van der Waals surface area contributed by atoms with Crippen molar-refractivity contribution in [3.05, 3.63) is 93.6 Å². The number of benzene rings is 3. The van der Waals surface area contributed by atoms with Gasteiger partial charge in [0.2, 0.25) is 0 Å². The maximum Gasteiger partial charge on any atom is 0.258 e. The van der Waals surface area contributed by atoms with E-state index in [1.807, 2.05) is 37.4 Å². The van der Waals surface area contributed by atoms with Crippen LogP contribution in [0.4, 0.5) is 5.82 Å². The molecule has 0 atom stereocenters. The Morgan fingerprint density at radius 1 is 0.967 bits per heavy atom. The molecule has 0 aliphatic carbocycles. The van der Waals surface area contributed by atoms with Gasteiger partial charge in [-0.2, -0.15) is 0 Å². The zero-order chi connectivity index (χ0) is 21.3. The lowest BCUT2D eigenvalue weighted by molar-refractivity contribution is 0.102. The van der Waals surface area contributed by atoms with Crippen LogP contribution in [0.3, 0.4) is 0 Å². The molecule has 0 aliphatic heterocycles. The number of nitrogens with one attached hydrogen (secondary N) is 1. The van der Waals surface area contributed by atoms with Gasteiger partial charge in [0.05, 0.1) is 28.8 Å². The van der Waals surface area contributed by atoms with E-state index in [4.69, 9.17) is 16.3 Å². The van der Waals surface area contributed by atoms with E-state index < -0.39 is 5.91 Å². The van der Waals surface area contributed by atoms with Gasteiger partial charge in [-0.15, -0.1) is 0 Å². The third-order valence-electron chi connectivity index (χ3n) is 5.04. The van der Waals surface area contributed by atoms with Gasteiger partial charge in [-0.25, -0.2) is 0 Å². The number of rotatable bonds is 4. The highest BCUT2D eigenvalue weighted by molar-refractivity contribution is 6.34. The normalized spacial score (nSPS) is 10.8. The quantitative estimate of drug-likeness (QED) is 0.500. The van der Waals surface area contributed by atoms with E-state index in [0.29, 0.717) is 44.2 Å². The topological polar surface area (TPSA) is 60.3 Å². The molecule has 1 heterocycles. The predicted molar refractivity (Wildman–Crippen MR) is 121 cm³/mol. The minimum atomic E-state index is -0.401. The van der Waals surface area contributed by atoms with Crippen LogP contribution in [0.25, 0.3) is 22.0 Å². The molecule has 150 valence electrons. The third-order valence-corrected chi connectivity index (χ3v) is 5.37. The second-order valence-electron chi connectivity index (χ2n) is 6.76. The minimum Gasteiger partial charge on any atom is -0.496 e. The molecule has 0 spiro atoms. The van der Waals surface area contributed by atoms with Crippen LogP contribution in [0, 0.1) is 0 Å². The van der Waals surface area contributed by atoms with Gasteiger partial charge in [-0.3, -0.25) is 9.59 Å². The molecule has 1 amide bonds. The van der Waals surface area contributed by atoms with Crippen molar-refractivity contribution in [3.8, 4) is 16.9 Å². The van der Waals surface area contributed by atoms with Gasteiger partial charge in [0.15, 0.2) is 5.43 Å². The first-order valence-electron chi connectivity index (χ1n) is 9.34. The fourth-order valence-electron chi connectivity index (χ4n) is 3.56. The Kier molecular flexibility index (Phi) is 5.29. The summed E-state index contributed by atoms with van der Waals surface area (Å²) in [4.78, 5) is 26.5. The smallest absolute Gasteiger partial charge is 0.258 e. The molecule has 30 heavy (non-hydrogen) atoms. The molecule has 0 radical (unpaired) electrons. The van der Waals surface area contributed by atoms with E-state index >= 15 is 0 Å². The molecule has 0 unspecified atom stereocenters. The van der Waals surface area contributed by atoms with Crippen molar-refractivity contribution in [1.29, 1.82) is 0 Å². The second kappa shape index (κ2) is 8.05. The number of nitrogens with zero attached hydrogens (tertiary/aromatic N) is 1. The molecule has 4 aromatic rings. The number of amides is 1. The van der Waals surface area contributed by atoms with Gasteiger partial charge in [0, 0.05) is 18.0 Å². The highest BCUT2D eigenvalue weighted by atomic mass is 35.5. The van der Waals surface area contributed by atoms with Crippen molar-refractivity contribution in [1.82, 2.24) is 4.57 Å². The number of methoxy groups -OCH3 is 1. The summed E-state index contributed by atoms with van der Waals surface area (Å²) < 4.78 is 7.29. The minimum absolute atomic E-state index is 0.192. The molecule has 0 saturated heterocycles. The largest absolute Gasteiger partial charge is 0.496 e. The Hall–Kier alpha value is -3.57. The number of anilines is 1. The number of hydrogen-bond acceptors (Lipinski definition) is 3. The van der Waals surface area contributed by atoms with Crippen LogP contribution in [0.2, 0.25) is 5.02 Å². The third kappa shape index (κ3) is 3.33. The van der Waals surface area contributed by atoms with Crippen LogP contribution in [0.1, 0.15) is 10.4 Å². The van der Waals surface area contributed by atoms with Crippen molar-refractivity contribution in [3.63, 3.8) is 0 Å². The van der Waals surface area contributed by atoms with Crippen molar-refractivity contribution in [2.45, 2.75) is 0 Å². The van der Waals surface area contributed by atoms with Crippen LogP contribution in [-0.2, 0) is 7.05 Å². The fraction of sp³-hybridized carbons (Fsp3) is 0.0833. The van der Waals surface area contributed by atoms with E-state index in [9.17, 15) is 9.59 Å². The van der Waals surface area contributed by atoms with Crippen molar-refractivity contribution >= 4 is 34.2 Å². The summed E-state index contributed by atoms with van der Waals surface area (Å²) in [7, 11) is 3.36. The maximum atomic E-state index is 13.5. The summed E-state index contributed by atoms with van der Waals surface area (Å²) in [6.07, 6.45) is 0. The van der Waals surface area contributed by atoms with Crippen LogP contribution in [0.15, 0.2) is 77.6 Å². The molecule has 3 aromatic carbocycles. The van der Waals surface area contributed by atoms with Gasteiger partial charge >= 0.3 is 0 Å². The van der Waals surface area contributed by atoms with Gasteiger partial charge in [0.25, 0.3) is 5.91 Å². The highest BCUT2D eigenvalue weighted by Crippen LogP contribution is 2.34. The Labute approximate surface area is 178 Å². The average molecular weight is 419 g/mol. The van der Waals surface area contributed by atoms with Crippen LogP contribution in [-0.4, -0.2) is 17.6 Å². The Morgan fingerprint density at radius 2 is 1.63 bits per heavy atom. The van der Waals surface area contributed by atoms with E-state index in [-0.39, 0.29) is 5.43 Å². The lowest BCUT2D eigenvalue weighted by Crippen LogP contribution is -2.21. The van der Waals surface area contributed by atoms with Gasteiger partial charge in [0.1, 0.15) is 11.6 Å². The fourth-order valence-corrected chi connectivity index (χ4v) is 3.78. The second-order valence-corrected chi connectivity index (χ2v) is 7.17. The van der Waals surface area contributed by atoms with Crippen LogP contribution < -0.4 is 15.5 Å². The number of aryl methyl sites for hydroxylation is 1. The Morgan fingerprint density at radius 3 is 2.40 bits per heavy atom. The van der Waals surface area contributed by atoms with Crippen molar-refractivity contribution < 1.29 is 9.53 Å². The number of fused-ring (bicyclic) bond motifs is 1. The maximum absolute atomic E-state index is 13.5. The molecular weight excluding hydrogens is 400 g/mol. The molecule has 5 nitrogen and oxygen atoms in total. The van der Waals surface area contributed by atoms with E-state index in [1.165, 1.54) is 0 Å². The summed E-state index contributed by atoms with van der Waals surface area (Å²) >= 11 is 6.21. The van der Waals surface area contributed by atoms with E-state index in [1.54, 1.807) is 54.1 Å². The number of carbonyl (C=O) groups excluding carboxylic acids is 1. The SMILES string of the molecule is COc1ccccc1-c1c(NC(=O)c2ccccc2Cl)n(C)c2ccccc2c1=O. The summed E-state index contributed by atoms with van der Waals surface area (Å²) in [5, 5.41) is 3.79. The molecule has 6 heteroatoms. The number of halogens is 1. The number of pyridine rings is 1. The van der Waals surface area contributed by atoms with Crippen LogP contribution >= 0.6 is 11.6 Å². The first kappa shape index (κ1) is 19.7. The van der Waals surface area contributed by atoms with Crippen LogP contribution in [0.5, 0.6) is 5.75 Å². The molecule has 4 rings (SSSR count).